The summed E-state index contributed by atoms with van der Waals surface area (Å²) in [4.78, 5) is 12.6. The first kappa shape index (κ1) is 27.3. The van der Waals surface area contributed by atoms with Crippen molar-refractivity contribution in [2.24, 2.45) is 0 Å². The number of carbonyl (C=O) groups excluding carboxylic acids is 1. The molecule has 3 aromatic rings. The van der Waals surface area contributed by atoms with Crippen molar-refractivity contribution >= 4 is 15.7 Å². The third-order valence-corrected chi connectivity index (χ3v) is 7.43. The number of aliphatic hydroxyl groups excluding tert-OH is 1. The summed E-state index contributed by atoms with van der Waals surface area (Å²) in [5.74, 6) is -0.718. The van der Waals surface area contributed by atoms with Gasteiger partial charge in [-0.15, -0.1) is 0 Å². The average Bonchev–Trinajstić information content (AvgIpc) is 2.88. The van der Waals surface area contributed by atoms with Gasteiger partial charge in [0.25, 0.3) is 0 Å². The Hall–Kier alpha value is -3.27. The highest BCUT2D eigenvalue weighted by atomic mass is 32.2. The van der Waals surface area contributed by atoms with Crippen molar-refractivity contribution in [2.75, 3.05) is 19.4 Å². The molecule has 0 saturated heterocycles. The minimum Gasteiger partial charge on any atom is -0.497 e. The fourth-order valence-corrected chi connectivity index (χ4v) is 4.95. The second kappa shape index (κ2) is 13.2. The highest BCUT2D eigenvalue weighted by Crippen LogP contribution is 2.14. The molecule has 0 aliphatic carbocycles. The standard InChI is InChI=1S/C27H31FN2O5S/c1-35-23-9-5-8-21(16-23)18-29-19-26(31)25(17-20-6-3-2-4-7-20)30-27(32)14-15-36(33,34)24-12-10-22(28)11-13-24/h2-13,16,25-26,29,31H,14-15,17-19H2,1H3,(H,30,32)/t25-,26-/m0/s1. The summed E-state index contributed by atoms with van der Waals surface area (Å²) in [7, 11) is -2.15. The quantitative estimate of drug-likeness (QED) is 0.303. The molecule has 0 aromatic heterocycles. The van der Waals surface area contributed by atoms with E-state index >= 15 is 0 Å². The fraction of sp³-hybridized carbons (Fsp3) is 0.296. The number of sulfone groups is 1. The van der Waals surface area contributed by atoms with Crippen LogP contribution in [0.15, 0.2) is 83.8 Å². The van der Waals surface area contributed by atoms with E-state index in [1.165, 1.54) is 12.1 Å². The van der Waals surface area contributed by atoms with Crippen molar-refractivity contribution in [3.63, 3.8) is 0 Å². The zero-order valence-corrected chi connectivity index (χ0v) is 20.9. The van der Waals surface area contributed by atoms with Crippen LogP contribution in [0.25, 0.3) is 0 Å². The van der Waals surface area contributed by atoms with Crippen LogP contribution in [0.1, 0.15) is 17.5 Å². The molecule has 1 amide bonds. The molecule has 3 aromatic carbocycles. The molecule has 3 N–H and O–H groups in total. The second-order valence-electron chi connectivity index (χ2n) is 8.44. The van der Waals surface area contributed by atoms with Crippen molar-refractivity contribution in [3.05, 3.63) is 95.8 Å². The Kier molecular flexibility index (Phi) is 9.98. The van der Waals surface area contributed by atoms with Crippen molar-refractivity contribution in [1.29, 1.82) is 0 Å². The number of rotatable bonds is 13. The third kappa shape index (κ3) is 8.44. The van der Waals surface area contributed by atoms with Crippen LogP contribution in [0.3, 0.4) is 0 Å². The predicted molar refractivity (Wildman–Crippen MR) is 136 cm³/mol. The molecule has 0 unspecified atom stereocenters. The number of halogens is 1. The molecular weight excluding hydrogens is 483 g/mol. The molecule has 0 saturated carbocycles. The van der Waals surface area contributed by atoms with E-state index in [1.807, 2.05) is 54.6 Å². The fourth-order valence-electron chi connectivity index (χ4n) is 3.71. The third-order valence-electron chi connectivity index (χ3n) is 5.70. The van der Waals surface area contributed by atoms with Crippen LogP contribution in [0, 0.1) is 5.82 Å². The molecular formula is C27H31FN2O5S. The number of amides is 1. The summed E-state index contributed by atoms with van der Waals surface area (Å²) in [6, 6.07) is 20.8. The average molecular weight is 515 g/mol. The van der Waals surface area contributed by atoms with Gasteiger partial charge in [-0.1, -0.05) is 42.5 Å². The minimum atomic E-state index is -3.75. The van der Waals surface area contributed by atoms with Crippen molar-refractivity contribution in [3.8, 4) is 5.75 Å². The van der Waals surface area contributed by atoms with Crippen LogP contribution in [-0.4, -0.2) is 51.0 Å². The predicted octanol–water partition coefficient (Wildman–Crippen LogP) is 2.88. The van der Waals surface area contributed by atoms with Gasteiger partial charge in [-0.3, -0.25) is 4.79 Å². The Morgan fingerprint density at radius 1 is 1.00 bits per heavy atom. The molecule has 7 nitrogen and oxygen atoms in total. The first-order chi connectivity index (χ1) is 17.3. The van der Waals surface area contributed by atoms with Crippen LogP contribution in [0.2, 0.25) is 0 Å². The summed E-state index contributed by atoms with van der Waals surface area (Å²) in [5, 5.41) is 16.9. The molecule has 0 aliphatic heterocycles. The number of aliphatic hydroxyl groups is 1. The maximum atomic E-state index is 13.1. The van der Waals surface area contributed by atoms with Crippen molar-refractivity contribution in [1.82, 2.24) is 10.6 Å². The molecule has 9 heteroatoms. The van der Waals surface area contributed by atoms with E-state index < -0.39 is 39.5 Å². The zero-order valence-electron chi connectivity index (χ0n) is 20.1. The van der Waals surface area contributed by atoms with E-state index in [9.17, 15) is 22.7 Å². The number of hydrogen-bond donors (Lipinski definition) is 3. The molecule has 0 fully saturated rings. The number of carbonyl (C=O) groups is 1. The topological polar surface area (TPSA) is 105 Å². The van der Waals surface area contributed by atoms with Gasteiger partial charge in [0.1, 0.15) is 11.6 Å². The molecule has 3 rings (SSSR count). The molecule has 36 heavy (non-hydrogen) atoms. The van der Waals surface area contributed by atoms with Crippen LogP contribution in [0.4, 0.5) is 4.39 Å². The van der Waals surface area contributed by atoms with E-state index in [2.05, 4.69) is 10.6 Å². The van der Waals surface area contributed by atoms with E-state index in [-0.39, 0.29) is 17.9 Å². The van der Waals surface area contributed by atoms with E-state index in [1.54, 1.807) is 7.11 Å². The Bertz CT molecular complexity index is 1220. The second-order valence-corrected chi connectivity index (χ2v) is 10.5. The van der Waals surface area contributed by atoms with Crippen LogP contribution in [0.5, 0.6) is 5.75 Å². The summed E-state index contributed by atoms with van der Waals surface area (Å²) in [6.07, 6.45) is -0.831. The molecule has 0 heterocycles. The highest BCUT2D eigenvalue weighted by molar-refractivity contribution is 7.91. The summed E-state index contributed by atoms with van der Waals surface area (Å²) < 4.78 is 43.4. The Balaban J connectivity index is 1.60. The van der Waals surface area contributed by atoms with Gasteiger partial charge >= 0.3 is 0 Å². The minimum absolute atomic E-state index is 0.0423. The highest BCUT2D eigenvalue weighted by Gasteiger charge is 2.23. The first-order valence-electron chi connectivity index (χ1n) is 11.6. The monoisotopic (exact) mass is 514 g/mol. The number of methoxy groups -OCH3 is 1. The lowest BCUT2D eigenvalue weighted by molar-refractivity contribution is -0.122. The molecule has 192 valence electrons. The summed E-state index contributed by atoms with van der Waals surface area (Å²) in [5.41, 5.74) is 1.91. The first-order valence-corrected chi connectivity index (χ1v) is 13.3. The van der Waals surface area contributed by atoms with E-state index in [0.717, 1.165) is 29.0 Å². The summed E-state index contributed by atoms with van der Waals surface area (Å²) >= 11 is 0. The van der Waals surface area contributed by atoms with Gasteiger partial charge in [0.2, 0.25) is 5.91 Å². The Morgan fingerprint density at radius 3 is 2.39 bits per heavy atom. The van der Waals surface area contributed by atoms with Crippen molar-refractivity contribution in [2.45, 2.75) is 36.4 Å². The van der Waals surface area contributed by atoms with Gasteiger partial charge in [-0.25, -0.2) is 12.8 Å². The van der Waals surface area contributed by atoms with Gasteiger partial charge in [-0.2, -0.15) is 0 Å². The summed E-state index contributed by atoms with van der Waals surface area (Å²) in [6.45, 7) is 0.707. The maximum Gasteiger partial charge on any atom is 0.221 e. The van der Waals surface area contributed by atoms with Gasteiger partial charge in [0.15, 0.2) is 9.84 Å². The van der Waals surface area contributed by atoms with Gasteiger partial charge in [0.05, 0.1) is 29.9 Å². The number of hydrogen-bond acceptors (Lipinski definition) is 6. The maximum absolute atomic E-state index is 13.1. The van der Waals surface area contributed by atoms with E-state index in [0.29, 0.717) is 13.0 Å². The Morgan fingerprint density at radius 2 is 1.69 bits per heavy atom. The largest absolute Gasteiger partial charge is 0.497 e. The van der Waals surface area contributed by atoms with Crippen LogP contribution < -0.4 is 15.4 Å². The number of benzene rings is 3. The number of nitrogens with one attached hydrogen (secondary N) is 2. The van der Waals surface area contributed by atoms with E-state index in [4.69, 9.17) is 4.74 Å². The molecule has 0 aliphatic rings. The lowest BCUT2D eigenvalue weighted by Crippen LogP contribution is -2.48. The molecule has 0 radical (unpaired) electrons. The number of ether oxygens (including phenoxy) is 1. The molecule has 0 spiro atoms. The molecule has 0 bridgehead atoms. The van der Waals surface area contributed by atoms with Gasteiger partial charge < -0.3 is 20.5 Å². The zero-order chi connectivity index (χ0) is 26.0. The SMILES string of the molecule is COc1cccc(CNC[C@H](O)[C@H](Cc2ccccc2)NC(=O)CCS(=O)(=O)c2ccc(F)cc2)c1. The Labute approximate surface area is 211 Å². The smallest absolute Gasteiger partial charge is 0.221 e. The normalized spacial score (nSPS) is 13.1. The lowest BCUT2D eigenvalue weighted by Gasteiger charge is -2.25. The van der Waals surface area contributed by atoms with Gasteiger partial charge in [-0.05, 0) is 53.9 Å². The lowest BCUT2D eigenvalue weighted by atomic mass is 10.0. The van der Waals surface area contributed by atoms with Crippen LogP contribution in [-0.2, 0) is 27.6 Å². The molecule has 2 atom stereocenters. The van der Waals surface area contributed by atoms with Gasteiger partial charge in [0, 0.05) is 19.5 Å². The van der Waals surface area contributed by atoms with Crippen molar-refractivity contribution < 1.29 is 27.4 Å². The van der Waals surface area contributed by atoms with Crippen LogP contribution >= 0.6 is 0 Å².